The first kappa shape index (κ1) is 119. The largest absolute Gasteiger partial charge is 0.0544 e. The van der Waals surface area contributed by atoms with Crippen LogP contribution in [0.2, 0.25) is 19.1 Å². The normalized spacial score (nSPS) is 18.4. The Balaban J connectivity index is -0.000000129. The predicted molar refractivity (Wildman–Crippen MR) is 427 cm³/mol. The molecule has 6 rings (SSSR count). The molecule has 0 bridgehead atoms. The van der Waals surface area contributed by atoms with Crippen LogP contribution in [0.25, 0.3) is 0 Å². The van der Waals surface area contributed by atoms with Crippen molar-refractivity contribution < 1.29 is 40.7 Å². The van der Waals surface area contributed by atoms with Gasteiger partial charge in [-0.2, -0.15) is 6.67 Å². The van der Waals surface area contributed by atoms with Crippen molar-refractivity contribution in [3.8, 4) is 11.5 Å². The van der Waals surface area contributed by atoms with Crippen molar-refractivity contribution in [3.05, 3.63) is 88.1 Å². The molecule has 3 aliphatic heterocycles. The fourth-order valence-corrected chi connectivity index (χ4v) is 16.2. The van der Waals surface area contributed by atoms with Crippen molar-refractivity contribution in [2.45, 2.75) is 374 Å². The standard InChI is InChI=1S/C41H57N2O6Si2.18C2H6.2ClH.Ru/c1-25(2)45-37-15-14-36(20-28(37)5)44-24-51(13)47-34(11)41(49-51)40-33(10)46-50(12,48-40)22-35-21-42(38-29(6)16-26(3)17-30(38)7)23-43(35)39-31(8)18-27(4)19-32(39)9;18*1-2;;;/h5,14-20,23,25,33-35,40-41H,21-22,24H2,1-4,6-13H3;18*1-2H3;2*1H;/q-1;;;;;;;;;;;;;;;;;;;;;+2/p-2. The molecule has 3 fully saturated rings. The molecule has 3 heterocycles. The molecule has 0 saturated carbocycles. The molecule has 90 heavy (non-hydrogen) atoms. The SMILES string of the molecule is CC.CC.CC.CC.CC.CC.CC.CC.CC.CC.CC.CC.CC.CC.CC.CC.CC.CC.Cc1cc(C)c(N2[CH-]N(c3c(C)cc(C)cc3C)C(C[Si]3(C)OC(C)C(C4O[Si](C)(COc5ccc(OC(C)C)c([CH]=[Ru]([Cl])[Cl])c5)OC4C)O3)C2)c(C)c1. The molecule has 0 aromatic heterocycles. The van der Waals surface area contributed by atoms with Gasteiger partial charge in [-0.1, -0.05) is 285 Å². The summed E-state index contributed by atoms with van der Waals surface area (Å²) in [6, 6.07) is 15.8. The summed E-state index contributed by atoms with van der Waals surface area (Å²) in [5, 5.41) is 0. The van der Waals surface area contributed by atoms with Crippen LogP contribution in [0, 0.1) is 48.2 Å². The zero-order chi connectivity index (χ0) is 75.3. The number of hydrogen-bond donors (Lipinski definition) is 0. The van der Waals surface area contributed by atoms with Gasteiger partial charge in [0.05, 0.1) is 0 Å². The minimum absolute atomic E-state index is 0.0215. The summed E-state index contributed by atoms with van der Waals surface area (Å²) in [5.74, 6) is 1.42. The molecule has 0 spiro atoms. The van der Waals surface area contributed by atoms with Crippen molar-refractivity contribution in [1.29, 1.82) is 0 Å². The maximum absolute atomic E-state index is 7.09. The van der Waals surface area contributed by atoms with Crippen LogP contribution in [0.4, 0.5) is 11.4 Å². The van der Waals surface area contributed by atoms with Crippen LogP contribution in [-0.4, -0.2) is 71.1 Å². The number of benzene rings is 3. The average molecular weight is 1440 g/mol. The third-order valence-electron chi connectivity index (χ3n) is 10.4. The third-order valence-corrected chi connectivity index (χ3v) is 17.4. The van der Waals surface area contributed by atoms with Crippen LogP contribution in [0.3, 0.4) is 0 Å². The van der Waals surface area contributed by atoms with Crippen molar-refractivity contribution in [2.24, 2.45) is 0 Å². The van der Waals surface area contributed by atoms with Crippen LogP contribution in [0.5, 0.6) is 11.5 Å². The minimum atomic E-state index is -2.74. The van der Waals surface area contributed by atoms with E-state index in [1.54, 1.807) is 0 Å². The molecule has 0 N–H and O–H groups in total. The zero-order valence-corrected chi connectivity index (χ0v) is 75.0. The molecule has 13 heteroatoms. The van der Waals surface area contributed by atoms with E-state index in [0.29, 0.717) is 12.0 Å². The Bertz CT molecular complexity index is 1860. The first-order valence-corrected chi connectivity index (χ1v) is 47.4. The van der Waals surface area contributed by atoms with Crippen molar-refractivity contribution >= 4 is 52.5 Å². The Labute approximate surface area is 585 Å². The van der Waals surface area contributed by atoms with E-state index >= 15 is 0 Å². The van der Waals surface area contributed by atoms with E-state index in [-0.39, 0.29) is 36.6 Å². The summed E-state index contributed by atoms with van der Waals surface area (Å²) in [6.45, 7) is 101. The zero-order valence-electron chi connectivity index (χ0n) is 69.7. The molecule has 0 amide bonds. The smallest absolute Gasteiger partial charge is 0.00819 e. The summed E-state index contributed by atoms with van der Waals surface area (Å²) in [7, 11) is 7.06. The molecule has 8 nitrogen and oxygen atoms in total. The number of aryl methyl sites for hydroxylation is 6. The van der Waals surface area contributed by atoms with E-state index in [0.717, 1.165) is 23.9 Å². The van der Waals surface area contributed by atoms with E-state index in [2.05, 4.69) is 109 Å². The van der Waals surface area contributed by atoms with E-state index < -0.39 is 30.6 Å². The van der Waals surface area contributed by atoms with Gasteiger partial charge in [-0.05, 0) is 70.3 Å². The summed E-state index contributed by atoms with van der Waals surface area (Å²) in [6.07, 6.45) is -0.458. The number of anilines is 2. The third kappa shape index (κ3) is 48.0. The van der Waals surface area contributed by atoms with Gasteiger partial charge in [0.15, 0.2) is 0 Å². The van der Waals surface area contributed by atoms with E-state index in [1.165, 1.54) is 44.8 Å². The van der Waals surface area contributed by atoms with Crippen molar-refractivity contribution in [2.75, 3.05) is 22.6 Å². The van der Waals surface area contributed by atoms with Gasteiger partial charge >= 0.3 is 188 Å². The Hall–Kier alpha value is -1.79. The molecule has 7 atom stereocenters. The van der Waals surface area contributed by atoms with Crippen molar-refractivity contribution in [3.63, 3.8) is 0 Å². The molecule has 7 unspecified atom stereocenters. The number of halogens is 2. The van der Waals surface area contributed by atoms with Gasteiger partial charge in [-0.25, -0.2) is 0 Å². The topological polar surface area (TPSA) is 61.9 Å². The molecule has 3 saturated heterocycles. The minimum Gasteiger partial charge on any atom is -0.0544 e. The van der Waals surface area contributed by atoms with Gasteiger partial charge in [0.2, 0.25) is 0 Å². The second-order valence-electron chi connectivity index (χ2n) is 16.1. The Morgan fingerprint density at radius 1 is 0.500 bits per heavy atom. The van der Waals surface area contributed by atoms with Crippen LogP contribution >= 0.6 is 19.4 Å². The van der Waals surface area contributed by atoms with Gasteiger partial charge in [0.1, 0.15) is 0 Å². The summed E-state index contributed by atoms with van der Waals surface area (Å²) >= 11 is -2.08. The average Bonchev–Trinajstić information content (AvgIpc) is 1.63. The van der Waals surface area contributed by atoms with E-state index in [9.17, 15) is 0 Å². The first-order valence-electron chi connectivity index (χ1n) is 36.9. The van der Waals surface area contributed by atoms with Gasteiger partial charge in [-0.15, -0.1) is 0 Å². The quantitative estimate of drug-likeness (QED) is 0.139. The Morgan fingerprint density at radius 2 is 0.822 bits per heavy atom. The maximum atomic E-state index is 7.09. The molecule has 3 aliphatic rings. The molecule has 3 aromatic rings. The maximum Gasteiger partial charge on any atom is 0.00819 e. The first-order chi connectivity index (χ1) is 43.3. The molecule has 3 aromatic carbocycles. The number of hydrogen-bond acceptors (Lipinski definition) is 8. The summed E-state index contributed by atoms with van der Waals surface area (Å²) in [4.78, 5) is 4.92. The molecular formula is C77H165Cl2N2O6RuSi2-. The van der Waals surface area contributed by atoms with Gasteiger partial charge < -0.3 is 9.80 Å². The molecule has 550 valence electrons. The number of nitrogens with zero attached hydrogens (tertiary/aromatic N) is 2. The van der Waals surface area contributed by atoms with Crippen LogP contribution in [0.1, 0.15) is 316 Å². The van der Waals surface area contributed by atoms with E-state index in [1.807, 2.05) is 286 Å². The fraction of sp³-hybridized carbons (Fsp3) is 0.740. The van der Waals surface area contributed by atoms with Gasteiger partial charge in [-0.3, -0.25) is 0 Å². The molecular weight excluding hydrogens is 1280 g/mol. The predicted octanol–water partition coefficient (Wildman–Crippen LogP) is 28.1. The second-order valence-corrected chi connectivity index (χ2v) is 28.0. The van der Waals surface area contributed by atoms with Gasteiger partial charge in [0, 0.05) is 30.0 Å². The molecule has 0 radical (unpaired) electrons. The van der Waals surface area contributed by atoms with Crippen LogP contribution in [-0.2, 0) is 31.2 Å². The van der Waals surface area contributed by atoms with Crippen LogP contribution in [0.15, 0.2) is 42.5 Å². The summed E-state index contributed by atoms with van der Waals surface area (Å²) in [5.41, 5.74) is 11.0. The monoisotopic (exact) mass is 1440 g/mol. The second kappa shape index (κ2) is 83.3. The van der Waals surface area contributed by atoms with E-state index in [4.69, 9.17) is 46.6 Å². The molecule has 0 aliphatic carbocycles. The van der Waals surface area contributed by atoms with Crippen LogP contribution < -0.4 is 19.3 Å². The van der Waals surface area contributed by atoms with Gasteiger partial charge in [0.25, 0.3) is 0 Å². The summed E-state index contributed by atoms with van der Waals surface area (Å²) < 4.78 is 41.6. The Morgan fingerprint density at radius 3 is 1.16 bits per heavy atom. The van der Waals surface area contributed by atoms with Crippen molar-refractivity contribution in [1.82, 2.24) is 0 Å². The Kier molecular flexibility index (Phi) is 110. The number of rotatable bonds is 11. The number of ether oxygens (including phenoxy) is 2. The fourth-order valence-electron chi connectivity index (χ4n) is 8.72.